The summed E-state index contributed by atoms with van der Waals surface area (Å²) in [6.45, 7) is 3.21. The van der Waals surface area contributed by atoms with E-state index in [1.165, 1.54) is 5.56 Å². The molecule has 2 aromatic carbocycles. The first-order valence-electron chi connectivity index (χ1n) is 9.24. The van der Waals surface area contributed by atoms with Crippen LogP contribution in [0, 0.1) is 11.7 Å². The molecule has 0 saturated carbocycles. The van der Waals surface area contributed by atoms with Crippen LogP contribution >= 0.6 is 24.0 Å². The second-order valence-corrected chi connectivity index (χ2v) is 8.00. The Labute approximate surface area is 174 Å². The lowest BCUT2D eigenvalue weighted by Gasteiger charge is -2.08. The van der Waals surface area contributed by atoms with Crippen molar-refractivity contribution in [2.75, 3.05) is 12.3 Å². The van der Waals surface area contributed by atoms with Gasteiger partial charge in [0.05, 0.1) is 0 Å². The summed E-state index contributed by atoms with van der Waals surface area (Å²) in [6, 6.07) is 18.4. The van der Waals surface area contributed by atoms with Crippen LogP contribution in [0.4, 0.5) is 0 Å². The number of nitrogens with zero attached hydrogens (tertiary/aromatic N) is 2. The summed E-state index contributed by atoms with van der Waals surface area (Å²) in [4.78, 5) is 12.2. The predicted molar refractivity (Wildman–Crippen MR) is 118 cm³/mol. The zero-order valence-electron chi connectivity index (χ0n) is 15.9. The van der Waals surface area contributed by atoms with E-state index < -0.39 is 0 Å². The Balaban J connectivity index is 1.45. The van der Waals surface area contributed by atoms with Gasteiger partial charge in [-0.3, -0.25) is 14.5 Å². The van der Waals surface area contributed by atoms with Crippen LogP contribution in [-0.4, -0.2) is 33.0 Å². The molecule has 0 aliphatic rings. The number of amides is 1. The number of H-pyrrole nitrogens is 1. The van der Waals surface area contributed by atoms with Gasteiger partial charge in [0, 0.05) is 36.6 Å². The lowest BCUT2D eigenvalue weighted by atomic mass is 10.1. The first-order valence-corrected chi connectivity index (χ1v) is 10.8. The monoisotopic (exact) mass is 412 g/mol. The number of nitrogens with one attached hydrogen (secondary N) is 2. The highest BCUT2D eigenvalue weighted by molar-refractivity contribution is 7.98. The van der Waals surface area contributed by atoms with Crippen molar-refractivity contribution in [3.63, 3.8) is 0 Å². The van der Waals surface area contributed by atoms with Crippen LogP contribution in [0.3, 0.4) is 0 Å². The number of carbonyl (C=O) groups excluding carboxylic acids is 1. The number of aryl methyl sites for hydroxylation is 1. The number of hydrogen-bond donors (Lipinski definition) is 2. The Hall–Kier alpha value is -2.38. The molecule has 0 bridgehead atoms. The van der Waals surface area contributed by atoms with Crippen molar-refractivity contribution in [2.24, 2.45) is 0 Å². The highest BCUT2D eigenvalue weighted by atomic mass is 32.2. The first kappa shape index (κ1) is 20.4. The molecule has 0 unspecified atom stereocenters. The third kappa shape index (κ3) is 5.81. The largest absolute Gasteiger partial charge is 0.355 e. The van der Waals surface area contributed by atoms with Crippen LogP contribution in [0.25, 0.3) is 11.4 Å². The highest BCUT2D eigenvalue weighted by Gasteiger charge is 2.10. The molecule has 1 heterocycles. The molecule has 0 fully saturated rings. The fourth-order valence-corrected chi connectivity index (χ4v) is 3.90. The summed E-state index contributed by atoms with van der Waals surface area (Å²) in [7, 11) is 0. The molecule has 0 aliphatic carbocycles. The minimum Gasteiger partial charge on any atom is -0.355 e. The molecule has 0 spiro atoms. The van der Waals surface area contributed by atoms with Gasteiger partial charge in [-0.15, -0.1) is 0 Å². The molecule has 7 heteroatoms. The third-order valence-electron chi connectivity index (χ3n) is 4.28. The van der Waals surface area contributed by atoms with Gasteiger partial charge in [0.25, 0.3) is 0 Å². The van der Waals surface area contributed by atoms with Gasteiger partial charge < -0.3 is 5.32 Å². The molecule has 0 aliphatic heterocycles. The molecule has 2 N–H and O–H groups in total. The molecule has 0 radical (unpaired) electrons. The van der Waals surface area contributed by atoms with Gasteiger partial charge in [-0.2, -0.15) is 16.9 Å². The van der Waals surface area contributed by atoms with Crippen molar-refractivity contribution in [3.8, 4) is 11.4 Å². The zero-order chi connectivity index (χ0) is 19.8. The minimum atomic E-state index is 0.0265. The smallest absolute Gasteiger partial charge is 0.221 e. The average molecular weight is 413 g/mol. The van der Waals surface area contributed by atoms with Crippen molar-refractivity contribution in [2.45, 2.75) is 25.6 Å². The Morgan fingerprint density at radius 2 is 2.04 bits per heavy atom. The third-order valence-corrected chi connectivity index (χ3v) is 5.62. The fraction of sp³-hybridized carbons (Fsp3) is 0.286. The second kappa shape index (κ2) is 10.2. The maximum absolute atomic E-state index is 12.2. The molecular weight excluding hydrogens is 388 g/mol. The van der Waals surface area contributed by atoms with Crippen molar-refractivity contribution < 1.29 is 4.79 Å². The molecule has 0 saturated heterocycles. The van der Waals surface area contributed by atoms with Crippen molar-refractivity contribution in [1.29, 1.82) is 0 Å². The van der Waals surface area contributed by atoms with Crippen molar-refractivity contribution in [1.82, 2.24) is 20.1 Å². The van der Waals surface area contributed by atoms with Gasteiger partial charge in [0.1, 0.15) is 0 Å². The Bertz CT molecular complexity index is 966. The SMILES string of the molecule is Cc1cccc(-c2n[nH]c(=S)n2CCC(=O)NCCSCc2ccccc2)c1. The minimum absolute atomic E-state index is 0.0265. The van der Waals surface area contributed by atoms with Crippen molar-refractivity contribution >= 4 is 29.9 Å². The summed E-state index contributed by atoms with van der Waals surface area (Å²) in [5.74, 6) is 2.64. The van der Waals surface area contributed by atoms with E-state index in [9.17, 15) is 4.79 Å². The molecule has 28 heavy (non-hydrogen) atoms. The maximum Gasteiger partial charge on any atom is 0.221 e. The van der Waals surface area contributed by atoms with Gasteiger partial charge in [0.15, 0.2) is 10.6 Å². The number of hydrogen-bond acceptors (Lipinski definition) is 4. The lowest BCUT2D eigenvalue weighted by Crippen LogP contribution is -2.26. The van der Waals surface area contributed by atoms with Gasteiger partial charge in [-0.05, 0) is 30.8 Å². The van der Waals surface area contributed by atoms with E-state index in [-0.39, 0.29) is 5.91 Å². The normalized spacial score (nSPS) is 10.8. The second-order valence-electron chi connectivity index (χ2n) is 6.51. The van der Waals surface area contributed by atoms with E-state index in [1.807, 2.05) is 59.7 Å². The molecule has 3 aromatic rings. The molecule has 1 amide bonds. The summed E-state index contributed by atoms with van der Waals surface area (Å²) in [6.07, 6.45) is 0.371. The van der Waals surface area contributed by atoms with E-state index >= 15 is 0 Å². The zero-order valence-corrected chi connectivity index (χ0v) is 17.5. The molecule has 3 rings (SSSR count). The molecule has 0 atom stereocenters. The Kier molecular flexibility index (Phi) is 7.45. The van der Waals surface area contributed by atoms with Gasteiger partial charge in [-0.1, -0.05) is 54.1 Å². The van der Waals surface area contributed by atoms with E-state index in [1.54, 1.807) is 0 Å². The van der Waals surface area contributed by atoms with Crippen LogP contribution < -0.4 is 5.32 Å². The van der Waals surface area contributed by atoms with Crippen LogP contribution in [-0.2, 0) is 17.1 Å². The maximum atomic E-state index is 12.2. The summed E-state index contributed by atoms with van der Waals surface area (Å²) in [5.41, 5.74) is 3.45. The molecular formula is C21H24N4OS2. The topological polar surface area (TPSA) is 62.7 Å². The number of rotatable bonds is 9. The summed E-state index contributed by atoms with van der Waals surface area (Å²) < 4.78 is 2.41. The van der Waals surface area contributed by atoms with Crippen LogP contribution in [0.1, 0.15) is 17.5 Å². The molecule has 146 valence electrons. The van der Waals surface area contributed by atoms with Gasteiger partial charge >= 0.3 is 0 Å². The summed E-state index contributed by atoms with van der Waals surface area (Å²) >= 11 is 7.15. The number of carbonyl (C=O) groups is 1. The molecule has 1 aromatic heterocycles. The Morgan fingerprint density at radius 3 is 2.82 bits per heavy atom. The number of aromatic amines is 1. The van der Waals surface area contributed by atoms with Gasteiger partial charge in [0.2, 0.25) is 5.91 Å². The van der Waals surface area contributed by atoms with Crippen LogP contribution in [0.5, 0.6) is 0 Å². The van der Waals surface area contributed by atoms with E-state index in [2.05, 4.69) is 33.7 Å². The highest BCUT2D eigenvalue weighted by Crippen LogP contribution is 2.18. The first-order chi connectivity index (χ1) is 13.6. The van der Waals surface area contributed by atoms with E-state index in [4.69, 9.17) is 12.2 Å². The van der Waals surface area contributed by atoms with E-state index in [0.29, 0.717) is 24.3 Å². The van der Waals surface area contributed by atoms with Crippen molar-refractivity contribution in [3.05, 3.63) is 70.5 Å². The number of benzene rings is 2. The lowest BCUT2D eigenvalue weighted by molar-refractivity contribution is -0.121. The standard InChI is InChI=1S/C21H24N4OS2/c1-16-6-5-9-18(14-16)20-23-24-21(27)25(20)12-10-19(26)22-11-13-28-15-17-7-3-2-4-8-17/h2-9,14H,10-13,15H2,1H3,(H,22,26)(H,24,27). The summed E-state index contributed by atoms with van der Waals surface area (Å²) in [5, 5.41) is 10.1. The molecule has 5 nitrogen and oxygen atoms in total. The number of thioether (sulfide) groups is 1. The van der Waals surface area contributed by atoms with E-state index in [0.717, 1.165) is 28.5 Å². The Morgan fingerprint density at radius 1 is 1.21 bits per heavy atom. The van der Waals surface area contributed by atoms with Crippen LogP contribution in [0.2, 0.25) is 0 Å². The predicted octanol–water partition coefficient (Wildman–Crippen LogP) is 4.36. The van der Waals surface area contributed by atoms with Gasteiger partial charge in [-0.25, -0.2) is 0 Å². The number of aromatic nitrogens is 3. The average Bonchev–Trinajstić information content (AvgIpc) is 3.07. The fourth-order valence-electron chi connectivity index (χ4n) is 2.86. The van der Waals surface area contributed by atoms with Crippen LogP contribution in [0.15, 0.2) is 54.6 Å². The quantitative estimate of drug-likeness (QED) is 0.405.